The zero-order valence-corrected chi connectivity index (χ0v) is 17.3. The summed E-state index contributed by atoms with van der Waals surface area (Å²) < 4.78 is 0. The van der Waals surface area contributed by atoms with Gasteiger partial charge >= 0.3 is 6.03 Å². The Kier molecular flexibility index (Phi) is 4.97. The van der Waals surface area contributed by atoms with Crippen LogP contribution in [0.2, 0.25) is 0 Å². The number of fused-ring (bicyclic) bond motifs is 2. The molecule has 0 radical (unpaired) electrons. The molecule has 0 aromatic heterocycles. The lowest BCUT2D eigenvalue weighted by molar-refractivity contribution is 0.145. The van der Waals surface area contributed by atoms with Crippen LogP contribution < -0.4 is 10.6 Å². The molecule has 154 valence electrons. The van der Waals surface area contributed by atoms with Gasteiger partial charge in [0.15, 0.2) is 6.17 Å². The maximum absolute atomic E-state index is 13.3. The lowest BCUT2D eigenvalue weighted by Gasteiger charge is -2.36. The van der Waals surface area contributed by atoms with Crippen LogP contribution in [-0.2, 0) is 0 Å². The van der Waals surface area contributed by atoms with E-state index in [1.165, 1.54) is 64.2 Å². The van der Waals surface area contributed by atoms with Gasteiger partial charge in [-0.1, -0.05) is 51.9 Å². The van der Waals surface area contributed by atoms with Crippen molar-refractivity contribution in [3.05, 3.63) is 11.5 Å². The third-order valence-electron chi connectivity index (χ3n) is 7.37. The first-order valence-electron chi connectivity index (χ1n) is 11.7. The third kappa shape index (κ3) is 3.18. The smallest absolute Gasteiger partial charge is 0.327 e. The summed E-state index contributed by atoms with van der Waals surface area (Å²) in [5.74, 6) is 3.50. The summed E-state index contributed by atoms with van der Waals surface area (Å²) in [5, 5.41) is 7.41. The van der Waals surface area contributed by atoms with E-state index in [4.69, 9.17) is 4.99 Å². The number of nitrogens with zero attached hydrogens (tertiary/aromatic N) is 3. The minimum absolute atomic E-state index is 0.141. The second kappa shape index (κ2) is 7.60. The van der Waals surface area contributed by atoms with Crippen molar-refractivity contribution in [3.63, 3.8) is 0 Å². The SMILES string of the molecule is CCCN1C(=O)N2C[C@H](CC3CCCCC3)NC2=C2NC(C3CCCC3)=NC21. The molecule has 6 nitrogen and oxygen atoms in total. The molecule has 1 saturated heterocycles. The monoisotopic (exact) mass is 385 g/mol. The zero-order chi connectivity index (χ0) is 19.1. The fraction of sp³-hybridized carbons (Fsp3) is 0.818. The van der Waals surface area contributed by atoms with Gasteiger partial charge in [-0.15, -0.1) is 0 Å². The molecule has 0 spiro atoms. The van der Waals surface area contributed by atoms with E-state index in [1.54, 1.807) is 0 Å². The van der Waals surface area contributed by atoms with Gasteiger partial charge in [0.1, 0.15) is 17.4 Å². The molecule has 3 fully saturated rings. The van der Waals surface area contributed by atoms with E-state index in [9.17, 15) is 4.79 Å². The second-order valence-corrected chi connectivity index (χ2v) is 9.42. The Balaban J connectivity index is 1.38. The van der Waals surface area contributed by atoms with Crippen LogP contribution in [0.15, 0.2) is 16.5 Å². The molecule has 5 rings (SSSR count). The fourth-order valence-corrected chi connectivity index (χ4v) is 5.95. The molecule has 3 heterocycles. The Morgan fingerprint density at radius 2 is 1.82 bits per heavy atom. The highest BCUT2D eigenvalue weighted by Gasteiger charge is 2.47. The molecule has 1 unspecified atom stereocenters. The number of hydrogen-bond acceptors (Lipinski definition) is 4. The van der Waals surface area contributed by atoms with Crippen molar-refractivity contribution in [2.24, 2.45) is 16.8 Å². The maximum Gasteiger partial charge on any atom is 0.327 e. The highest BCUT2D eigenvalue weighted by Crippen LogP contribution is 2.36. The highest BCUT2D eigenvalue weighted by atomic mass is 16.2. The molecule has 2 atom stereocenters. The Labute approximate surface area is 168 Å². The molecule has 6 heteroatoms. The third-order valence-corrected chi connectivity index (χ3v) is 7.37. The van der Waals surface area contributed by atoms with Crippen molar-refractivity contribution in [1.82, 2.24) is 20.4 Å². The van der Waals surface area contributed by atoms with Gasteiger partial charge in [0.05, 0.1) is 0 Å². The summed E-state index contributed by atoms with van der Waals surface area (Å²) in [6, 6.07) is 0.525. The largest absolute Gasteiger partial charge is 0.365 e. The van der Waals surface area contributed by atoms with E-state index >= 15 is 0 Å². The molecular weight excluding hydrogens is 350 g/mol. The Bertz CT molecular complexity index is 674. The van der Waals surface area contributed by atoms with Gasteiger partial charge < -0.3 is 10.6 Å². The van der Waals surface area contributed by atoms with Crippen molar-refractivity contribution >= 4 is 11.9 Å². The zero-order valence-electron chi connectivity index (χ0n) is 17.3. The quantitative estimate of drug-likeness (QED) is 0.757. The number of hydrogen-bond donors (Lipinski definition) is 2. The van der Waals surface area contributed by atoms with Gasteiger partial charge in [-0.2, -0.15) is 0 Å². The van der Waals surface area contributed by atoms with Crippen LogP contribution in [0.25, 0.3) is 0 Å². The molecule has 0 aromatic rings. The van der Waals surface area contributed by atoms with E-state index in [-0.39, 0.29) is 12.2 Å². The molecule has 28 heavy (non-hydrogen) atoms. The number of urea groups is 1. The van der Waals surface area contributed by atoms with Crippen LogP contribution in [0.4, 0.5) is 4.79 Å². The predicted octanol–water partition coefficient (Wildman–Crippen LogP) is 3.76. The number of rotatable bonds is 5. The molecule has 2 amide bonds. The van der Waals surface area contributed by atoms with E-state index in [0.29, 0.717) is 12.0 Å². The normalized spacial score (nSPS) is 31.0. The number of carbonyl (C=O) groups excluding carboxylic acids is 1. The van der Waals surface area contributed by atoms with Gasteiger partial charge in [-0.05, 0) is 31.6 Å². The molecule has 2 saturated carbocycles. The lowest BCUT2D eigenvalue weighted by Crippen LogP contribution is -2.53. The first-order chi connectivity index (χ1) is 13.7. The summed E-state index contributed by atoms with van der Waals surface area (Å²) >= 11 is 0. The summed E-state index contributed by atoms with van der Waals surface area (Å²) in [4.78, 5) is 22.3. The number of aliphatic imine (C=N–C) groups is 1. The molecule has 0 bridgehead atoms. The number of nitrogens with one attached hydrogen (secondary N) is 2. The first kappa shape index (κ1) is 18.3. The molecule has 3 aliphatic heterocycles. The van der Waals surface area contributed by atoms with Gasteiger partial charge in [0.2, 0.25) is 0 Å². The molecule has 5 aliphatic rings. The Morgan fingerprint density at radius 3 is 2.57 bits per heavy atom. The van der Waals surface area contributed by atoms with Crippen LogP contribution in [0.1, 0.15) is 77.6 Å². The van der Waals surface area contributed by atoms with E-state index in [2.05, 4.69) is 17.6 Å². The minimum Gasteiger partial charge on any atom is -0.365 e. The van der Waals surface area contributed by atoms with Crippen LogP contribution in [0.5, 0.6) is 0 Å². The van der Waals surface area contributed by atoms with Crippen molar-refractivity contribution in [2.75, 3.05) is 13.1 Å². The lowest BCUT2D eigenvalue weighted by atomic mass is 9.85. The van der Waals surface area contributed by atoms with Gasteiger partial charge in [0, 0.05) is 25.0 Å². The van der Waals surface area contributed by atoms with Crippen LogP contribution in [-0.4, -0.2) is 47.0 Å². The molecule has 2 N–H and O–H groups in total. The summed E-state index contributed by atoms with van der Waals surface area (Å²) in [6.45, 7) is 3.72. The topological polar surface area (TPSA) is 60.0 Å². The minimum atomic E-state index is -0.143. The van der Waals surface area contributed by atoms with Crippen LogP contribution in [0.3, 0.4) is 0 Å². The summed E-state index contributed by atoms with van der Waals surface area (Å²) in [6.07, 6.45) is 13.9. The van der Waals surface area contributed by atoms with Gasteiger partial charge in [-0.3, -0.25) is 9.80 Å². The average molecular weight is 386 g/mol. The van der Waals surface area contributed by atoms with E-state index < -0.39 is 0 Å². The van der Waals surface area contributed by atoms with E-state index in [0.717, 1.165) is 42.8 Å². The molecular formula is C22H35N5O. The first-order valence-corrected chi connectivity index (χ1v) is 11.7. The summed E-state index contributed by atoms with van der Waals surface area (Å²) in [5.41, 5.74) is 1.13. The van der Waals surface area contributed by atoms with Crippen LogP contribution in [0, 0.1) is 11.8 Å². The van der Waals surface area contributed by atoms with Crippen LogP contribution >= 0.6 is 0 Å². The van der Waals surface area contributed by atoms with Gasteiger partial charge in [-0.25, -0.2) is 9.79 Å². The number of carbonyl (C=O) groups is 1. The Hall–Kier alpha value is -1.72. The summed E-state index contributed by atoms with van der Waals surface area (Å²) in [7, 11) is 0. The fourth-order valence-electron chi connectivity index (χ4n) is 5.95. The number of amidine groups is 1. The number of amides is 2. The average Bonchev–Trinajstić information content (AvgIpc) is 3.44. The predicted molar refractivity (Wildman–Crippen MR) is 111 cm³/mol. The van der Waals surface area contributed by atoms with Gasteiger partial charge in [0.25, 0.3) is 0 Å². The van der Waals surface area contributed by atoms with E-state index in [1.807, 2.05) is 9.80 Å². The van der Waals surface area contributed by atoms with Crippen molar-refractivity contribution < 1.29 is 4.79 Å². The molecule has 0 aromatic carbocycles. The van der Waals surface area contributed by atoms with Crippen molar-refractivity contribution in [1.29, 1.82) is 0 Å². The molecule has 2 aliphatic carbocycles. The maximum atomic E-state index is 13.3. The van der Waals surface area contributed by atoms with Crippen molar-refractivity contribution in [3.8, 4) is 0 Å². The van der Waals surface area contributed by atoms with Crippen molar-refractivity contribution in [2.45, 2.75) is 89.8 Å². The highest BCUT2D eigenvalue weighted by molar-refractivity contribution is 5.91. The Morgan fingerprint density at radius 1 is 1.07 bits per heavy atom. The second-order valence-electron chi connectivity index (χ2n) is 9.42. The standard InChI is InChI=1S/C22H35N5O/c1-2-12-26-21-18(24-19(25-21)16-10-6-7-11-16)20-23-17(14-27(20)22(26)28)13-15-8-4-3-5-9-15/h15-17,21,23H,2-14H2,1H3,(H,24,25)/t17-,21?/m0/s1.